The van der Waals surface area contributed by atoms with E-state index in [1.54, 1.807) is 24.2 Å². The zero-order chi connectivity index (χ0) is 14.0. The number of aromatic nitrogens is 1. The Morgan fingerprint density at radius 1 is 1.58 bits per heavy atom. The molecule has 6 heteroatoms. The zero-order valence-corrected chi connectivity index (χ0v) is 11.8. The Bertz CT molecular complexity index is 529. The molecule has 1 saturated heterocycles. The Morgan fingerprint density at radius 3 is 2.95 bits per heavy atom. The summed E-state index contributed by atoms with van der Waals surface area (Å²) in [5, 5.41) is 0. The van der Waals surface area contributed by atoms with Crippen LogP contribution in [-0.2, 0) is 11.8 Å². The first kappa shape index (κ1) is 14.1. The highest BCUT2D eigenvalue weighted by molar-refractivity contribution is 6.18. The molecule has 0 radical (unpaired) electrons. The van der Waals surface area contributed by atoms with Crippen LogP contribution in [0, 0.1) is 0 Å². The number of ether oxygens (including phenoxy) is 1. The van der Waals surface area contributed by atoms with Gasteiger partial charge in [0.25, 0.3) is 11.5 Å². The predicted molar refractivity (Wildman–Crippen MR) is 72.6 cm³/mol. The van der Waals surface area contributed by atoms with Crippen LogP contribution < -0.4 is 5.56 Å². The first-order valence-corrected chi connectivity index (χ1v) is 6.71. The molecule has 0 aromatic carbocycles. The lowest BCUT2D eigenvalue weighted by Crippen LogP contribution is -2.51. The van der Waals surface area contributed by atoms with Gasteiger partial charge < -0.3 is 14.2 Å². The summed E-state index contributed by atoms with van der Waals surface area (Å²) < 4.78 is 6.94. The molecule has 0 saturated carbocycles. The van der Waals surface area contributed by atoms with Crippen molar-refractivity contribution in [1.29, 1.82) is 0 Å². The van der Waals surface area contributed by atoms with E-state index in [1.165, 1.54) is 10.6 Å². The molecule has 1 amide bonds. The number of nitrogens with zero attached hydrogens (tertiary/aromatic N) is 2. The van der Waals surface area contributed by atoms with Gasteiger partial charge in [-0.2, -0.15) is 0 Å². The second kappa shape index (κ2) is 5.75. The Kier molecular flexibility index (Phi) is 4.27. The summed E-state index contributed by atoms with van der Waals surface area (Å²) in [6, 6.07) is 3.00. The molecule has 1 aliphatic rings. The Balaban J connectivity index is 2.21. The highest BCUT2D eigenvalue weighted by atomic mass is 35.5. The fraction of sp³-hybridized carbons (Fsp3) is 0.538. The summed E-state index contributed by atoms with van der Waals surface area (Å²) in [7, 11) is 1.65. The molecular formula is C13H17ClN2O3. The van der Waals surface area contributed by atoms with Gasteiger partial charge in [0, 0.05) is 31.4 Å². The van der Waals surface area contributed by atoms with Crippen molar-refractivity contribution in [3.05, 3.63) is 34.2 Å². The van der Waals surface area contributed by atoms with Crippen LogP contribution in [0.3, 0.4) is 0 Å². The number of alkyl halides is 1. The summed E-state index contributed by atoms with van der Waals surface area (Å²) in [6.45, 7) is 2.84. The van der Waals surface area contributed by atoms with Crippen molar-refractivity contribution in [3.63, 3.8) is 0 Å². The lowest BCUT2D eigenvalue weighted by Gasteiger charge is -2.37. The smallest absolute Gasteiger partial charge is 0.254 e. The molecule has 2 heterocycles. The average molecular weight is 285 g/mol. The lowest BCUT2D eigenvalue weighted by atomic mass is 10.1. The molecule has 1 aliphatic heterocycles. The molecule has 104 valence electrons. The number of hydrogen-bond donors (Lipinski definition) is 0. The van der Waals surface area contributed by atoms with Crippen LogP contribution in [0.2, 0.25) is 0 Å². The van der Waals surface area contributed by atoms with Crippen LogP contribution in [0.4, 0.5) is 0 Å². The van der Waals surface area contributed by atoms with E-state index in [2.05, 4.69) is 0 Å². The third-order valence-electron chi connectivity index (χ3n) is 3.29. The van der Waals surface area contributed by atoms with Crippen molar-refractivity contribution in [2.24, 2.45) is 7.05 Å². The summed E-state index contributed by atoms with van der Waals surface area (Å²) in [5.41, 5.74) is 0.214. The fourth-order valence-electron chi connectivity index (χ4n) is 2.04. The van der Waals surface area contributed by atoms with Crippen molar-refractivity contribution in [3.8, 4) is 0 Å². The zero-order valence-electron chi connectivity index (χ0n) is 11.0. The topological polar surface area (TPSA) is 51.5 Å². The molecule has 2 rings (SSSR count). The molecule has 0 spiro atoms. The molecule has 2 atom stereocenters. The fourth-order valence-corrected chi connectivity index (χ4v) is 2.23. The summed E-state index contributed by atoms with van der Waals surface area (Å²) in [6.07, 6.45) is 1.45. The maximum atomic E-state index is 12.4. The number of amides is 1. The highest BCUT2D eigenvalue weighted by Crippen LogP contribution is 2.15. The van der Waals surface area contributed by atoms with Gasteiger partial charge in [0.1, 0.15) is 0 Å². The van der Waals surface area contributed by atoms with E-state index in [4.69, 9.17) is 16.3 Å². The third-order valence-corrected chi connectivity index (χ3v) is 3.63. The van der Waals surface area contributed by atoms with E-state index < -0.39 is 0 Å². The first-order chi connectivity index (χ1) is 9.02. The second-order valence-corrected chi connectivity index (χ2v) is 5.09. The maximum absolute atomic E-state index is 12.4. The molecule has 2 unspecified atom stereocenters. The van der Waals surface area contributed by atoms with Gasteiger partial charge in [0.05, 0.1) is 24.6 Å². The number of carbonyl (C=O) groups is 1. The lowest BCUT2D eigenvalue weighted by molar-refractivity contribution is -0.0371. The number of hydrogen-bond acceptors (Lipinski definition) is 3. The number of pyridine rings is 1. The van der Waals surface area contributed by atoms with Crippen LogP contribution in [-0.4, -0.2) is 46.6 Å². The monoisotopic (exact) mass is 284 g/mol. The number of morpholine rings is 1. The quantitative estimate of drug-likeness (QED) is 0.757. The van der Waals surface area contributed by atoms with Crippen LogP contribution in [0.15, 0.2) is 23.1 Å². The molecule has 1 aromatic heterocycles. The largest absolute Gasteiger partial charge is 0.373 e. The minimum absolute atomic E-state index is 0.0176. The van der Waals surface area contributed by atoms with Crippen molar-refractivity contribution < 1.29 is 9.53 Å². The predicted octanol–water partition coefficient (Wildman–Crippen LogP) is 0.854. The van der Waals surface area contributed by atoms with Crippen molar-refractivity contribution >= 4 is 17.5 Å². The number of carbonyl (C=O) groups excluding carboxylic acids is 1. The molecular weight excluding hydrogens is 268 g/mol. The van der Waals surface area contributed by atoms with Crippen molar-refractivity contribution in [1.82, 2.24) is 9.47 Å². The normalized spacial score (nSPS) is 23.4. The van der Waals surface area contributed by atoms with E-state index in [0.29, 0.717) is 24.6 Å². The molecule has 0 aliphatic carbocycles. The van der Waals surface area contributed by atoms with Crippen molar-refractivity contribution in [2.75, 3.05) is 19.0 Å². The molecule has 0 bridgehead atoms. The molecule has 19 heavy (non-hydrogen) atoms. The Morgan fingerprint density at radius 2 is 2.32 bits per heavy atom. The first-order valence-electron chi connectivity index (χ1n) is 6.18. The summed E-state index contributed by atoms with van der Waals surface area (Å²) >= 11 is 5.77. The van der Waals surface area contributed by atoms with Gasteiger partial charge in [-0.25, -0.2) is 0 Å². The van der Waals surface area contributed by atoms with Gasteiger partial charge in [-0.3, -0.25) is 9.59 Å². The molecule has 5 nitrogen and oxygen atoms in total. The van der Waals surface area contributed by atoms with Crippen molar-refractivity contribution in [2.45, 2.75) is 19.1 Å². The van der Waals surface area contributed by atoms with E-state index in [0.717, 1.165) is 0 Å². The summed E-state index contributed by atoms with van der Waals surface area (Å²) in [5.74, 6) is 0.205. The van der Waals surface area contributed by atoms with E-state index in [-0.39, 0.29) is 23.6 Å². The van der Waals surface area contributed by atoms with Gasteiger partial charge in [0.2, 0.25) is 0 Å². The van der Waals surface area contributed by atoms with Crippen LogP contribution in [0.5, 0.6) is 0 Å². The van der Waals surface area contributed by atoms with Gasteiger partial charge in [-0.1, -0.05) is 0 Å². The highest BCUT2D eigenvalue weighted by Gasteiger charge is 2.29. The Labute approximate surface area is 116 Å². The molecule has 1 fully saturated rings. The molecule has 0 N–H and O–H groups in total. The Hall–Kier alpha value is -1.33. The van der Waals surface area contributed by atoms with Crippen LogP contribution in [0.1, 0.15) is 17.3 Å². The van der Waals surface area contributed by atoms with Crippen LogP contribution >= 0.6 is 11.6 Å². The molecule has 1 aromatic rings. The van der Waals surface area contributed by atoms with E-state index in [9.17, 15) is 9.59 Å². The number of halogens is 1. The average Bonchev–Trinajstić information content (AvgIpc) is 2.41. The van der Waals surface area contributed by atoms with Crippen LogP contribution in [0.25, 0.3) is 0 Å². The van der Waals surface area contributed by atoms with E-state index >= 15 is 0 Å². The van der Waals surface area contributed by atoms with Gasteiger partial charge in [0.15, 0.2) is 0 Å². The minimum atomic E-state index is -0.194. The third kappa shape index (κ3) is 2.98. The van der Waals surface area contributed by atoms with Gasteiger partial charge in [-0.15, -0.1) is 11.6 Å². The second-order valence-electron chi connectivity index (χ2n) is 4.78. The van der Waals surface area contributed by atoms with Gasteiger partial charge >= 0.3 is 0 Å². The minimum Gasteiger partial charge on any atom is -0.373 e. The van der Waals surface area contributed by atoms with E-state index in [1.807, 2.05) is 6.92 Å². The SMILES string of the molecule is CC1COC(CCl)CN1C(=O)c1ccn(C)c(=O)c1. The van der Waals surface area contributed by atoms with Gasteiger partial charge in [-0.05, 0) is 13.0 Å². The number of rotatable bonds is 2. The number of aryl methyl sites for hydroxylation is 1. The standard InChI is InChI=1S/C13H17ClN2O3/c1-9-8-19-11(6-14)7-16(9)13(18)10-3-4-15(2)12(17)5-10/h3-5,9,11H,6-8H2,1-2H3. The summed E-state index contributed by atoms with van der Waals surface area (Å²) in [4.78, 5) is 25.7. The maximum Gasteiger partial charge on any atom is 0.254 e.